The zero-order valence-corrected chi connectivity index (χ0v) is 18.1. The fourth-order valence-corrected chi connectivity index (χ4v) is 3.81. The van der Waals surface area contributed by atoms with Gasteiger partial charge in [-0.1, -0.05) is 36.9 Å². The van der Waals surface area contributed by atoms with Crippen molar-refractivity contribution < 1.29 is 14.3 Å². The number of benzene rings is 2. The van der Waals surface area contributed by atoms with Gasteiger partial charge in [-0.25, -0.2) is 0 Å². The van der Waals surface area contributed by atoms with E-state index in [0.29, 0.717) is 23.2 Å². The second-order valence-electron chi connectivity index (χ2n) is 6.79. The van der Waals surface area contributed by atoms with E-state index in [-0.39, 0.29) is 5.91 Å². The van der Waals surface area contributed by atoms with E-state index in [1.807, 2.05) is 62.6 Å². The number of aryl methyl sites for hydroxylation is 1. The molecule has 0 saturated carbocycles. The lowest BCUT2D eigenvalue weighted by Crippen LogP contribution is -2.37. The smallest absolute Gasteiger partial charge is 0.247 e. The molecule has 1 amide bonds. The fourth-order valence-electron chi connectivity index (χ4n) is 3.51. The van der Waals surface area contributed by atoms with Crippen LogP contribution in [0.1, 0.15) is 30.7 Å². The molecule has 0 unspecified atom stereocenters. The number of thioether (sulfide) groups is 1. The first-order valence-corrected chi connectivity index (χ1v) is 10.8. The molecule has 0 bridgehead atoms. The van der Waals surface area contributed by atoms with Crippen LogP contribution in [0.3, 0.4) is 0 Å². The second kappa shape index (κ2) is 8.31. The van der Waals surface area contributed by atoms with Crippen molar-refractivity contribution in [2.75, 3.05) is 18.3 Å². The lowest BCUT2D eigenvalue weighted by Gasteiger charge is -2.31. The molecule has 30 heavy (non-hydrogen) atoms. The largest absolute Gasteiger partial charge is 0.496 e. The first-order valence-electron chi connectivity index (χ1n) is 9.58. The van der Waals surface area contributed by atoms with Gasteiger partial charge in [0.2, 0.25) is 23.2 Å². The molecule has 0 radical (unpaired) electrons. The van der Waals surface area contributed by atoms with Gasteiger partial charge >= 0.3 is 0 Å². The minimum atomic E-state index is -0.698. The monoisotopic (exact) mass is 422 g/mol. The third-order valence-corrected chi connectivity index (χ3v) is 5.51. The SMILES string of the molecule is CCC(=O)N1c2ccccc2-c2nnc(SC)nc2O[C@H]1c1ccc(OC)c(C)c1. The maximum Gasteiger partial charge on any atom is 0.247 e. The minimum absolute atomic E-state index is 0.0632. The normalized spacial score (nSPS) is 14.9. The van der Waals surface area contributed by atoms with Crippen LogP contribution < -0.4 is 14.4 Å². The number of amides is 1. The van der Waals surface area contributed by atoms with Gasteiger partial charge < -0.3 is 9.47 Å². The summed E-state index contributed by atoms with van der Waals surface area (Å²) in [5, 5.41) is 9.05. The van der Waals surface area contributed by atoms with Crippen molar-refractivity contribution in [1.29, 1.82) is 0 Å². The van der Waals surface area contributed by atoms with Gasteiger partial charge in [-0.3, -0.25) is 9.69 Å². The zero-order valence-electron chi connectivity index (χ0n) is 17.2. The highest BCUT2D eigenvalue weighted by Crippen LogP contribution is 2.43. The van der Waals surface area contributed by atoms with Crippen LogP contribution in [0.2, 0.25) is 0 Å². The first-order chi connectivity index (χ1) is 14.6. The average molecular weight is 423 g/mol. The van der Waals surface area contributed by atoms with E-state index >= 15 is 0 Å². The Morgan fingerprint density at radius 1 is 1.23 bits per heavy atom. The van der Waals surface area contributed by atoms with Crippen molar-refractivity contribution in [3.8, 4) is 22.9 Å². The minimum Gasteiger partial charge on any atom is -0.496 e. The molecule has 0 fully saturated rings. The molecule has 1 atom stereocenters. The van der Waals surface area contributed by atoms with Crippen LogP contribution in [0.25, 0.3) is 11.3 Å². The van der Waals surface area contributed by atoms with Crippen LogP contribution in [-0.4, -0.2) is 34.5 Å². The Bertz CT molecular complexity index is 1110. The molecule has 1 aromatic heterocycles. The molecule has 0 spiro atoms. The molecule has 2 aromatic carbocycles. The number of para-hydroxylation sites is 1. The summed E-state index contributed by atoms with van der Waals surface area (Å²) in [5.74, 6) is 1.06. The summed E-state index contributed by atoms with van der Waals surface area (Å²) in [6, 6.07) is 13.4. The molecule has 0 N–H and O–H groups in total. The number of ether oxygens (including phenoxy) is 2. The number of carbonyl (C=O) groups excluding carboxylic acids is 1. The molecule has 2 heterocycles. The van der Waals surface area contributed by atoms with Crippen LogP contribution in [-0.2, 0) is 4.79 Å². The number of nitrogens with zero attached hydrogens (tertiary/aromatic N) is 4. The van der Waals surface area contributed by atoms with Crippen LogP contribution in [0.15, 0.2) is 47.6 Å². The van der Waals surface area contributed by atoms with Crippen LogP contribution in [0.4, 0.5) is 5.69 Å². The van der Waals surface area contributed by atoms with Gasteiger partial charge in [0.1, 0.15) is 5.75 Å². The Hall–Kier alpha value is -3.13. The van der Waals surface area contributed by atoms with Crippen molar-refractivity contribution in [2.24, 2.45) is 0 Å². The zero-order chi connectivity index (χ0) is 21.3. The highest BCUT2D eigenvalue weighted by Gasteiger charge is 2.35. The van der Waals surface area contributed by atoms with Crippen molar-refractivity contribution in [3.63, 3.8) is 0 Å². The molecule has 154 valence electrons. The molecule has 0 aliphatic carbocycles. The summed E-state index contributed by atoms with van der Waals surface area (Å²) in [5.41, 5.74) is 3.77. The van der Waals surface area contributed by atoms with Crippen LogP contribution in [0.5, 0.6) is 11.6 Å². The third kappa shape index (κ3) is 3.47. The number of hydrogen-bond acceptors (Lipinski definition) is 7. The van der Waals surface area contributed by atoms with Gasteiger partial charge in [0.05, 0.1) is 12.8 Å². The van der Waals surface area contributed by atoms with E-state index in [4.69, 9.17) is 9.47 Å². The fraction of sp³-hybridized carbons (Fsp3) is 0.273. The van der Waals surface area contributed by atoms with Crippen LogP contribution in [0, 0.1) is 6.92 Å². The number of fused-ring (bicyclic) bond motifs is 3. The summed E-state index contributed by atoms with van der Waals surface area (Å²) in [4.78, 5) is 19.3. The molecule has 3 aromatic rings. The van der Waals surface area contributed by atoms with Crippen molar-refractivity contribution in [1.82, 2.24) is 15.2 Å². The molecule has 4 rings (SSSR count). The lowest BCUT2D eigenvalue weighted by molar-refractivity contribution is -0.120. The highest BCUT2D eigenvalue weighted by atomic mass is 32.2. The van der Waals surface area contributed by atoms with Crippen molar-refractivity contribution in [2.45, 2.75) is 31.7 Å². The number of carbonyl (C=O) groups is 1. The average Bonchev–Trinajstić information content (AvgIpc) is 2.92. The quantitative estimate of drug-likeness (QED) is 0.576. The van der Waals surface area contributed by atoms with Crippen molar-refractivity contribution in [3.05, 3.63) is 53.6 Å². The van der Waals surface area contributed by atoms with E-state index in [9.17, 15) is 4.79 Å². The molecular formula is C22H22N4O3S. The standard InChI is InChI=1S/C22H22N4O3S/c1-5-18(27)26-16-9-7-6-8-15(16)19-20(23-22(30-4)25-24-19)29-21(26)14-10-11-17(28-3)13(2)12-14/h6-12,21H,5H2,1-4H3/t21-/m0/s1. The Morgan fingerprint density at radius 2 is 2.03 bits per heavy atom. The summed E-state index contributed by atoms with van der Waals surface area (Å²) >= 11 is 1.38. The number of methoxy groups -OCH3 is 1. The van der Waals surface area contributed by atoms with Gasteiger partial charge in [0.25, 0.3) is 0 Å². The summed E-state index contributed by atoms with van der Waals surface area (Å²) < 4.78 is 11.8. The van der Waals surface area contributed by atoms with Gasteiger partial charge in [-0.2, -0.15) is 4.98 Å². The van der Waals surface area contributed by atoms with Gasteiger partial charge in [-0.05, 0) is 43.0 Å². The van der Waals surface area contributed by atoms with Crippen LogP contribution >= 0.6 is 11.8 Å². The van der Waals surface area contributed by atoms with E-state index < -0.39 is 6.23 Å². The van der Waals surface area contributed by atoms with E-state index in [1.54, 1.807) is 12.0 Å². The van der Waals surface area contributed by atoms with Gasteiger partial charge in [0.15, 0.2) is 5.69 Å². The molecule has 0 saturated heterocycles. The van der Waals surface area contributed by atoms with E-state index in [2.05, 4.69) is 15.2 Å². The number of aromatic nitrogens is 3. The topological polar surface area (TPSA) is 77.4 Å². The predicted octanol–water partition coefficient (Wildman–Crippen LogP) is 4.41. The molecule has 1 aliphatic rings. The molecule has 1 aliphatic heterocycles. The molecule has 7 nitrogen and oxygen atoms in total. The Balaban J connectivity index is 1.96. The van der Waals surface area contributed by atoms with Gasteiger partial charge in [0, 0.05) is 17.5 Å². The Morgan fingerprint density at radius 3 is 2.73 bits per heavy atom. The predicted molar refractivity (Wildman–Crippen MR) is 116 cm³/mol. The number of anilines is 1. The summed E-state index contributed by atoms with van der Waals surface area (Å²) in [7, 11) is 1.64. The lowest BCUT2D eigenvalue weighted by atomic mass is 10.1. The summed E-state index contributed by atoms with van der Waals surface area (Å²) in [6.45, 7) is 3.80. The maximum absolute atomic E-state index is 13.1. The summed E-state index contributed by atoms with van der Waals surface area (Å²) in [6.07, 6.45) is 1.51. The molecular weight excluding hydrogens is 400 g/mol. The van der Waals surface area contributed by atoms with Gasteiger partial charge in [-0.15, -0.1) is 10.2 Å². The molecule has 8 heteroatoms. The number of hydrogen-bond donors (Lipinski definition) is 0. The Kier molecular flexibility index (Phi) is 5.59. The van der Waals surface area contributed by atoms with E-state index in [1.165, 1.54) is 11.8 Å². The maximum atomic E-state index is 13.1. The third-order valence-electron chi connectivity index (χ3n) is 4.97. The number of rotatable bonds is 4. The first kappa shape index (κ1) is 20.2. The van der Waals surface area contributed by atoms with E-state index in [0.717, 1.165) is 28.1 Å². The Labute approximate surface area is 179 Å². The second-order valence-corrected chi connectivity index (χ2v) is 7.56. The van der Waals surface area contributed by atoms with Crippen molar-refractivity contribution >= 4 is 23.4 Å². The highest BCUT2D eigenvalue weighted by molar-refractivity contribution is 7.98.